The van der Waals surface area contributed by atoms with Crippen molar-refractivity contribution in [3.63, 3.8) is 0 Å². The van der Waals surface area contributed by atoms with Crippen LogP contribution in [0.2, 0.25) is 0 Å². The minimum atomic E-state index is 0. The molecule has 2 atom stereocenters. The number of halogens is 1. The molecule has 0 radical (unpaired) electrons. The Morgan fingerprint density at radius 1 is 1.10 bits per heavy atom. The summed E-state index contributed by atoms with van der Waals surface area (Å²) in [4.78, 5) is 16.8. The second kappa shape index (κ2) is 8.85. The fraction of sp³-hybridized carbons (Fsp3) is 0.933. The quantitative estimate of drug-likeness (QED) is 0.868. The third-order valence-corrected chi connectivity index (χ3v) is 4.57. The highest BCUT2D eigenvalue weighted by Gasteiger charge is 2.28. The van der Waals surface area contributed by atoms with Gasteiger partial charge in [-0.25, -0.2) is 0 Å². The zero-order chi connectivity index (χ0) is 13.7. The predicted octanol–water partition coefficient (Wildman–Crippen LogP) is 2.01. The zero-order valence-corrected chi connectivity index (χ0v) is 13.5. The molecule has 2 saturated heterocycles. The van der Waals surface area contributed by atoms with Crippen LogP contribution in [0.15, 0.2) is 0 Å². The number of amides is 1. The van der Waals surface area contributed by atoms with E-state index in [1.54, 1.807) is 0 Å². The van der Waals surface area contributed by atoms with Gasteiger partial charge in [-0.2, -0.15) is 0 Å². The minimum absolute atomic E-state index is 0. The molecule has 1 amide bonds. The molecule has 2 aliphatic rings. The molecule has 20 heavy (non-hydrogen) atoms. The second-order valence-corrected chi connectivity index (χ2v) is 6.19. The van der Waals surface area contributed by atoms with Gasteiger partial charge in [0.1, 0.15) is 0 Å². The van der Waals surface area contributed by atoms with Crippen LogP contribution in [0.25, 0.3) is 0 Å². The predicted molar refractivity (Wildman–Crippen MR) is 85.2 cm³/mol. The monoisotopic (exact) mass is 303 g/mol. The first-order valence-electron chi connectivity index (χ1n) is 7.96. The van der Waals surface area contributed by atoms with E-state index in [1.807, 2.05) is 0 Å². The van der Waals surface area contributed by atoms with Crippen LogP contribution in [0.5, 0.6) is 0 Å². The van der Waals surface area contributed by atoms with E-state index in [-0.39, 0.29) is 18.4 Å². The summed E-state index contributed by atoms with van der Waals surface area (Å²) in [6.07, 6.45) is 8.49. The Morgan fingerprint density at radius 2 is 1.70 bits per heavy atom. The van der Waals surface area contributed by atoms with Crippen molar-refractivity contribution in [1.29, 1.82) is 0 Å². The summed E-state index contributed by atoms with van der Waals surface area (Å²) in [7, 11) is 0. The van der Waals surface area contributed by atoms with Gasteiger partial charge in [-0.15, -0.1) is 12.4 Å². The fourth-order valence-corrected chi connectivity index (χ4v) is 3.40. The number of carbonyl (C=O) groups is 1. The summed E-state index contributed by atoms with van der Waals surface area (Å²) >= 11 is 0. The average Bonchev–Trinajstić information content (AvgIpc) is 2.68. The van der Waals surface area contributed by atoms with Gasteiger partial charge in [0, 0.05) is 25.2 Å². The largest absolute Gasteiger partial charge is 0.342 e. The Balaban J connectivity index is 0.00000200. The number of hydrogen-bond acceptors (Lipinski definition) is 3. The maximum Gasteiger partial charge on any atom is 0.236 e. The first-order valence-corrected chi connectivity index (χ1v) is 7.96. The summed E-state index contributed by atoms with van der Waals surface area (Å²) < 4.78 is 0. The van der Waals surface area contributed by atoms with E-state index >= 15 is 0 Å². The Bertz CT molecular complexity index is 291. The summed E-state index contributed by atoms with van der Waals surface area (Å²) in [6, 6.07) is 0.557. The van der Waals surface area contributed by atoms with Crippen molar-refractivity contribution in [2.75, 3.05) is 26.2 Å². The number of piperidine rings is 1. The van der Waals surface area contributed by atoms with Gasteiger partial charge in [0.15, 0.2) is 0 Å². The van der Waals surface area contributed by atoms with E-state index in [2.05, 4.69) is 16.7 Å². The third-order valence-electron chi connectivity index (χ3n) is 4.57. The number of likely N-dealkylation sites (tertiary alicyclic amines) is 2. The van der Waals surface area contributed by atoms with Gasteiger partial charge in [-0.3, -0.25) is 9.69 Å². The Hall–Kier alpha value is -0.320. The van der Waals surface area contributed by atoms with Crippen LogP contribution < -0.4 is 5.73 Å². The van der Waals surface area contributed by atoms with E-state index in [0.717, 1.165) is 26.1 Å². The van der Waals surface area contributed by atoms with Crippen molar-refractivity contribution >= 4 is 18.3 Å². The summed E-state index contributed by atoms with van der Waals surface area (Å²) in [5.74, 6) is 0.314. The van der Waals surface area contributed by atoms with Crippen molar-refractivity contribution in [2.24, 2.45) is 5.73 Å². The van der Waals surface area contributed by atoms with Gasteiger partial charge in [0.05, 0.1) is 6.54 Å². The van der Waals surface area contributed by atoms with Crippen LogP contribution in [0, 0.1) is 0 Å². The van der Waals surface area contributed by atoms with Gasteiger partial charge >= 0.3 is 0 Å². The molecule has 0 bridgehead atoms. The lowest BCUT2D eigenvalue weighted by Crippen LogP contribution is -2.52. The maximum absolute atomic E-state index is 12.4. The summed E-state index contributed by atoms with van der Waals surface area (Å²) in [6.45, 7) is 5.59. The van der Waals surface area contributed by atoms with E-state index in [9.17, 15) is 4.79 Å². The van der Waals surface area contributed by atoms with E-state index in [1.165, 1.54) is 38.5 Å². The van der Waals surface area contributed by atoms with Crippen molar-refractivity contribution in [3.05, 3.63) is 0 Å². The molecule has 0 aliphatic carbocycles. The molecule has 2 unspecified atom stereocenters. The van der Waals surface area contributed by atoms with Crippen LogP contribution in [-0.4, -0.2) is 54.0 Å². The number of hydrogen-bond donors (Lipinski definition) is 1. The second-order valence-electron chi connectivity index (χ2n) is 6.19. The lowest BCUT2D eigenvalue weighted by molar-refractivity contribution is -0.133. The molecule has 2 N–H and O–H groups in total. The van der Waals surface area contributed by atoms with Crippen molar-refractivity contribution in [3.8, 4) is 0 Å². The Morgan fingerprint density at radius 3 is 2.30 bits per heavy atom. The molecule has 4 nitrogen and oxygen atoms in total. The van der Waals surface area contributed by atoms with Crippen molar-refractivity contribution in [2.45, 2.75) is 64.0 Å². The average molecular weight is 304 g/mol. The van der Waals surface area contributed by atoms with Crippen LogP contribution >= 0.6 is 12.4 Å². The van der Waals surface area contributed by atoms with Gasteiger partial charge in [-0.05, 0) is 39.2 Å². The number of nitrogens with two attached hydrogens (primary N) is 1. The molecule has 0 saturated carbocycles. The lowest BCUT2D eigenvalue weighted by Gasteiger charge is -2.38. The molecule has 5 heteroatoms. The molecule has 2 aliphatic heterocycles. The van der Waals surface area contributed by atoms with Crippen molar-refractivity contribution in [1.82, 2.24) is 9.80 Å². The van der Waals surface area contributed by atoms with Gasteiger partial charge in [-0.1, -0.05) is 19.3 Å². The van der Waals surface area contributed by atoms with Crippen LogP contribution in [-0.2, 0) is 4.79 Å². The smallest absolute Gasteiger partial charge is 0.236 e. The first-order chi connectivity index (χ1) is 9.18. The molecular formula is C15H30ClN3O. The van der Waals surface area contributed by atoms with Gasteiger partial charge in [0.25, 0.3) is 0 Å². The van der Waals surface area contributed by atoms with Crippen LogP contribution in [0.3, 0.4) is 0 Å². The van der Waals surface area contributed by atoms with Gasteiger partial charge < -0.3 is 10.6 Å². The fourth-order valence-electron chi connectivity index (χ4n) is 3.40. The first kappa shape index (κ1) is 17.7. The van der Waals surface area contributed by atoms with E-state index in [4.69, 9.17) is 5.73 Å². The molecular weight excluding hydrogens is 274 g/mol. The van der Waals surface area contributed by atoms with E-state index < -0.39 is 0 Å². The topological polar surface area (TPSA) is 49.6 Å². The van der Waals surface area contributed by atoms with Gasteiger partial charge in [0.2, 0.25) is 5.91 Å². The van der Waals surface area contributed by atoms with Crippen LogP contribution in [0.1, 0.15) is 51.9 Å². The Labute approximate surface area is 129 Å². The molecule has 2 heterocycles. The number of rotatable bonds is 3. The van der Waals surface area contributed by atoms with Crippen LogP contribution in [0.4, 0.5) is 0 Å². The highest BCUT2D eigenvalue weighted by molar-refractivity contribution is 5.85. The SMILES string of the molecule is CC(N)C1CCCCN1CC(=O)N1CCCCCC1.Cl. The minimum Gasteiger partial charge on any atom is -0.342 e. The zero-order valence-electron chi connectivity index (χ0n) is 12.7. The molecule has 0 aromatic heterocycles. The summed E-state index contributed by atoms with van der Waals surface area (Å²) in [5, 5.41) is 0. The highest BCUT2D eigenvalue weighted by Crippen LogP contribution is 2.19. The molecule has 0 aromatic rings. The maximum atomic E-state index is 12.4. The van der Waals surface area contributed by atoms with Crippen molar-refractivity contribution < 1.29 is 4.79 Å². The normalized spacial score (nSPS) is 26.5. The third kappa shape index (κ3) is 4.90. The lowest BCUT2D eigenvalue weighted by atomic mass is 9.97. The molecule has 118 valence electrons. The standard InChI is InChI=1S/C15H29N3O.ClH/c1-13(16)14-8-4-7-11-18(14)12-15(19)17-9-5-2-3-6-10-17;/h13-14H,2-12,16H2,1H3;1H. The molecule has 0 aromatic carbocycles. The molecule has 0 spiro atoms. The Kier molecular flexibility index (Phi) is 7.85. The molecule has 2 fully saturated rings. The summed E-state index contributed by atoms with van der Waals surface area (Å²) in [5.41, 5.74) is 6.07. The highest BCUT2D eigenvalue weighted by atomic mass is 35.5. The molecule has 2 rings (SSSR count). The van der Waals surface area contributed by atoms with E-state index in [0.29, 0.717) is 18.5 Å². The number of carbonyl (C=O) groups excluding carboxylic acids is 1. The number of nitrogens with zero attached hydrogens (tertiary/aromatic N) is 2.